The number of allylic oxidation sites excluding steroid dienone is 1. The molecule has 0 saturated carbocycles. The lowest BCUT2D eigenvalue weighted by Crippen LogP contribution is -2.35. The predicted molar refractivity (Wildman–Crippen MR) is 131 cm³/mol. The number of ether oxygens (including phenoxy) is 2. The highest BCUT2D eigenvalue weighted by Crippen LogP contribution is 2.50. The van der Waals surface area contributed by atoms with Crippen molar-refractivity contribution < 1.29 is 24.2 Å². The molecule has 6 heteroatoms. The van der Waals surface area contributed by atoms with E-state index in [9.17, 15) is 14.7 Å². The second-order valence-corrected chi connectivity index (χ2v) is 9.73. The van der Waals surface area contributed by atoms with Crippen molar-refractivity contribution in [2.24, 2.45) is 17.8 Å². The molecule has 34 heavy (non-hydrogen) atoms. The molecule has 0 radical (unpaired) electrons. The smallest absolute Gasteiger partial charge is 0.233 e. The summed E-state index contributed by atoms with van der Waals surface area (Å²) in [4.78, 5) is 27.7. The number of phenols is 1. The van der Waals surface area contributed by atoms with Crippen LogP contribution in [-0.4, -0.2) is 54.8 Å². The van der Waals surface area contributed by atoms with E-state index in [0.717, 1.165) is 43.2 Å². The molecule has 2 fully saturated rings. The zero-order chi connectivity index (χ0) is 24.2. The standard InChI is InChI=1S/C28H37NO5/c1-4-8-18(14-19-9-6-7-10-23(19)30)11-12-24-25-20(16-33-3)15-21-26(22(25)17-34-24)28(32)29(13-5-2)27(21)31/h6-7,9-10,14,21-22,24,26,30H,4-5,8,11-13,15-17H2,1-3H3/b18-14+/t21-,22+,24-,26-/m1/s1. The van der Waals surface area contributed by atoms with Crippen molar-refractivity contribution in [1.29, 1.82) is 0 Å². The Bertz CT molecular complexity index is 981. The number of carbonyl (C=O) groups is 2. The van der Waals surface area contributed by atoms with Gasteiger partial charge in [-0.05, 0) is 49.3 Å². The lowest BCUT2D eigenvalue weighted by Gasteiger charge is -2.31. The number of rotatable bonds is 10. The predicted octanol–water partition coefficient (Wildman–Crippen LogP) is 4.73. The van der Waals surface area contributed by atoms with E-state index in [4.69, 9.17) is 9.47 Å². The van der Waals surface area contributed by atoms with Crippen molar-refractivity contribution in [3.63, 3.8) is 0 Å². The zero-order valence-corrected chi connectivity index (χ0v) is 20.6. The minimum absolute atomic E-state index is 0.0220. The summed E-state index contributed by atoms with van der Waals surface area (Å²) in [6.07, 6.45) is 7.04. The molecule has 4 atom stereocenters. The number of imide groups is 1. The Morgan fingerprint density at radius 3 is 2.65 bits per heavy atom. The van der Waals surface area contributed by atoms with Crippen molar-refractivity contribution in [1.82, 2.24) is 4.90 Å². The van der Waals surface area contributed by atoms with Gasteiger partial charge in [0.2, 0.25) is 11.8 Å². The first-order valence-corrected chi connectivity index (χ1v) is 12.6. The highest BCUT2D eigenvalue weighted by atomic mass is 16.5. The second kappa shape index (κ2) is 10.9. The van der Waals surface area contributed by atoms with Gasteiger partial charge in [-0.3, -0.25) is 14.5 Å². The van der Waals surface area contributed by atoms with Crippen LogP contribution in [0.3, 0.4) is 0 Å². The van der Waals surface area contributed by atoms with Gasteiger partial charge in [0.15, 0.2) is 0 Å². The fraction of sp³-hybridized carbons (Fsp3) is 0.571. The van der Waals surface area contributed by atoms with E-state index < -0.39 is 0 Å². The molecule has 0 aromatic heterocycles. The second-order valence-electron chi connectivity index (χ2n) is 9.73. The van der Waals surface area contributed by atoms with E-state index in [1.54, 1.807) is 13.2 Å². The number of para-hydroxylation sites is 1. The number of amides is 2. The van der Waals surface area contributed by atoms with Crippen LogP contribution in [0.1, 0.15) is 57.9 Å². The van der Waals surface area contributed by atoms with Crippen LogP contribution in [0.25, 0.3) is 6.08 Å². The first kappa shape index (κ1) is 24.7. The molecule has 2 saturated heterocycles. The first-order chi connectivity index (χ1) is 16.5. The Morgan fingerprint density at radius 1 is 1.15 bits per heavy atom. The van der Waals surface area contributed by atoms with Gasteiger partial charge in [-0.1, -0.05) is 50.1 Å². The third-order valence-electron chi connectivity index (χ3n) is 7.46. The van der Waals surface area contributed by atoms with Crippen LogP contribution in [0.2, 0.25) is 0 Å². The van der Waals surface area contributed by atoms with Crippen LogP contribution in [0.15, 0.2) is 41.0 Å². The molecular formula is C28H37NO5. The molecule has 184 valence electrons. The van der Waals surface area contributed by atoms with Crippen LogP contribution in [-0.2, 0) is 19.1 Å². The Hall–Kier alpha value is -2.44. The Morgan fingerprint density at radius 2 is 1.94 bits per heavy atom. The molecule has 0 spiro atoms. The molecular weight excluding hydrogens is 430 g/mol. The minimum atomic E-state index is -0.299. The van der Waals surface area contributed by atoms with Crippen LogP contribution in [0.4, 0.5) is 0 Å². The number of likely N-dealkylation sites (tertiary alicyclic amines) is 1. The number of hydrogen-bond donors (Lipinski definition) is 1. The minimum Gasteiger partial charge on any atom is -0.507 e. The molecule has 1 aromatic rings. The Kier molecular flexibility index (Phi) is 7.89. The van der Waals surface area contributed by atoms with E-state index in [2.05, 4.69) is 13.0 Å². The number of aromatic hydroxyl groups is 1. The van der Waals surface area contributed by atoms with Crippen LogP contribution >= 0.6 is 0 Å². The number of methoxy groups -OCH3 is 1. The SMILES string of the molecule is CCC/C(=C\c1ccccc1O)CC[C@H]1OC[C@H]2C1=C(COC)C[C@H]1C(=O)N(CCC)C(=O)[C@H]12. The third-order valence-corrected chi connectivity index (χ3v) is 7.46. The quantitative estimate of drug-likeness (QED) is 0.398. The molecule has 1 N–H and O–H groups in total. The molecule has 1 aliphatic carbocycles. The van der Waals surface area contributed by atoms with Gasteiger partial charge in [0, 0.05) is 25.1 Å². The summed E-state index contributed by atoms with van der Waals surface area (Å²) in [5.41, 5.74) is 4.44. The number of nitrogens with zero attached hydrogens (tertiary/aromatic N) is 1. The Labute approximate surface area is 202 Å². The number of hydrogen-bond acceptors (Lipinski definition) is 5. The van der Waals surface area contributed by atoms with Gasteiger partial charge in [-0.25, -0.2) is 0 Å². The van der Waals surface area contributed by atoms with Gasteiger partial charge in [-0.2, -0.15) is 0 Å². The largest absolute Gasteiger partial charge is 0.507 e. The summed E-state index contributed by atoms with van der Waals surface area (Å²) < 4.78 is 11.8. The van der Waals surface area contributed by atoms with E-state index >= 15 is 0 Å². The highest BCUT2D eigenvalue weighted by molar-refractivity contribution is 6.05. The summed E-state index contributed by atoms with van der Waals surface area (Å²) in [6, 6.07) is 7.40. The molecule has 1 aromatic carbocycles. The van der Waals surface area contributed by atoms with Gasteiger partial charge < -0.3 is 14.6 Å². The van der Waals surface area contributed by atoms with Crippen molar-refractivity contribution in [2.75, 3.05) is 26.9 Å². The number of carbonyl (C=O) groups excluding carboxylic acids is 2. The molecule has 2 aliphatic heterocycles. The number of benzene rings is 1. The van der Waals surface area contributed by atoms with Crippen LogP contribution in [0.5, 0.6) is 5.75 Å². The average Bonchev–Trinajstić information content (AvgIpc) is 3.35. The fourth-order valence-corrected chi connectivity index (χ4v) is 6.03. The summed E-state index contributed by atoms with van der Waals surface area (Å²) in [7, 11) is 1.68. The maximum absolute atomic E-state index is 13.2. The maximum atomic E-state index is 13.2. The van der Waals surface area contributed by atoms with E-state index in [-0.39, 0.29) is 41.4 Å². The lowest BCUT2D eigenvalue weighted by atomic mass is 9.69. The van der Waals surface area contributed by atoms with Gasteiger partial charge in [0.05, 0.1) is 31.2 Å². The normalized spacial score (nSPS) is 26.9. The maximum Gasteiger partial charge on any atom is 0.233 e. The van der Waals surface area contributed by atoms with E-state index in [1.807, 2.05) is 25.1 Å². The number of phenolic OH excluding ortho intramolecular Hbond substituents is 1. The molecule has 6 nitrogen and oxygen atoms in total. The lowest BCUT2D eigenvalue weighted by molar-refractivity contribution is -0.140. The van der Waals surface area contributed by atoms with Crippen molar-refractivity contribution in [2.45, 2.75) is 58.5 Å². The highest BCUT2D eigenvalue weighted by Gasteiger charge is 2.56. The molecule has 4 rings (SSSR count). The van der Waals surface area contributed by atoms with Crippen molar-refractivity contribution in [3.8, 4) is 5.75 Å². The van der Waals surface area contributed by atoms with Crippen LogP contribution < -0.4 is 0 Å². The van der Waals surface area contributed by atoms with Crippen LogP contribution in [0, 0.1) is 17.8 Å². The summed E-state index contributed by atoms with van der Waals surface area (Å²) in [5.74, 6) is -0.375. The van der Waals surface area contributed by atoms with Gasteiger partial charge in [-0.15, -0.1) is 0 Å². The molecule has 0 unspecified atom stereocenters. The molecule has 2 heterocycles. The monoisotopic (exact) mass is 467 g/mol. The zero-order valence-electron chi connectivity index (χ0n) is 20.6. The van der Waals surface area contributed by atoms with E-state index in [0.29, 0.717) is 26.2 Å². The molecule has 0 bridgehead atoms. The van der Waals surface area contributed by atoms with Crippen molar-refractivity contribution in [3.05, 3.63) is 46.5 Å². The van der Waals surface area contributed by atoms with Gasteiger partial charge >= 0.3 is 0 Å². The summed E-state index contributed by atoms with van der Waals surface area (Å²) >= 11 is 0. The Balaban J connectivity index is 1.56. The fourth-order valence-electron chi connectivity index (χ4n) is 6.03. The van der Waals surface area contributed by atoms with Crippen molar-refractivity contribution >= 4 is 17.9 Å². The molecule has 3 aliphatic rings. The molecule has 2 amide bonds. The average molecular weight is 468 g/mol. The van der Waals surface area contributed by atoms with E-state index in [1.165, 1.54) is 16.0 Å². The third kappa shape index (κ3) is 4.71. The summed E-state index contributed by atoms with van der Waals surface area (Å²) in [5, 5.41) is 10.2. The number of fused-ring (bicyclic) bond motifs is 3. The van der Waals surface area contributed by atoms with Gasteiger partial charge in [0.1, 0.15) is 5.75 Å². The first-order valence-electron chi connectivity index (χ1n) is 12.6. The summed E-state index contributed by atoms with van der Waals surface area (Å²) in [6.45, 7) is 5.60. The van der Waals surface area contributed by atoms with Gasteiger partial charge in [0.25, 0.3) is 0 Å². The topological polar surface area (TPSA) is 76.1 Å².